The molecular formula is C44H58CaO10S2. The molecule has 0 aromatic heterocycles. The third-order valence-corrected chi connectivity index (χ3v) is 11.2. The van der Waals surface area contributed by atoms with Gasteiger partial charge >= 0.3 is 47.9 Å². The zero-order valence-electron chi connectivity index (χ0n) is 33.5. The molecule has 308 valence electrons. The summed E-state index contributed by atoms with van der Waals surface area (Å²) in [6.45, 7) is 4.39. The summed E-state index contributed by atoms with van der Waals surface area (Å²) in [5.74, 6) is -0.702. The van der Waals surface area contributed by atoms with E-state index < -0.39 is 41.5 Å². The maximum Gasteiger partial charge on any atom is 2.00 e. The fraction of sp³-hybridized carbons (Fsp3) is 0.455. The average molecular weight is 851 g/mol. The van der Waals surface area contributed by atoms with Crippen LogP contribution in [0.15, 0.2) is 94.7 Å². The molecule has 0 heterocycles. The van der Waals surface area contributed by atoms with E-state index in [-0.39, 0.29) is 49.2 Å². The minimum absolute atomic E-state index is 0. The Balaban J connectivity index is 0.000000387. The molecule has 0 spiro atoms. The first-order valence-electron chi connectivity index (χ1n) is 19.9. The number of phenolic OH excluding ortho intramolecular Hbond substituents is 1. The second-order valence-electron chi connectivity index (χ2n) is 14.0. The summed E-state index contributed by atoms with van der Waals surface area (Å²) in [6.07, 6.45) is 19.3. The van der Waals surface area contributed by atoms with Gasteiger partial charge < -0.3 is 24.2 Å². The number of hydrogen-bond acceptors (Lipinski definition) is 9. The first-order valence-corrected chi connectivity index (χ1v) is 22.8. The first kappa shape index (κ1) is 50.3. The molecule has 57 heavy (non-hydrogen) atoms. The van der Waals surface area contributed by atoms with Crippen LogP contribution < -0.4 is 14.6 Å². The summed E-state index contributed by atoms with van der Waals surface area (Å²) >= 11 is 0. The van der Waals surface area contributed by atoms with Crippen molar-refractivity contribution in [2.75, 3.05) is 0 Å². The van der Waals surface area contributed by atoms with E-state index in [0.717, 1.165) is 38.5 Å². The molecule has 0 aliphatic heterocycles. The van der Waals surface area contributed by atoms with Crippen LogP contribution >= 0.6 is 0 Å². The molecule has 4 aromatic carbocycles. The molecule has 4 aromatic rings. The predicted octanol–water partition coefficient (Wildman–Crippen LogP) is 10.9. The Kier molecular flexibility index (Phi) is 23.8. The Hall–Kier alpha value is -2.84. The summed E-state index contributed by atoms with van der Waals surface area (Å²) < 4.78 is 79.4. The molecule has 0 aliphatic rings. The van der Waals surface area contributed by atoms with Crippen molar-refractivity contribution in [3.8, 4) is 34.5 Å². The van der Waals surface area contributed by atoms with Gasteiger partial charge in [-0.2, -0.15) is 8.42 Å². The van der Waals surface area contributed by atoms with E-state index in [1.54, 1.807) is 72.8 Å². The molecule has 13 heteroatoms. The number of hydrogen-bond donors (Lipinski definition) is 2. The van der Waals surface area contributed by atoms with Crippen molar-refractivity contribution >= 4 is 58.0 Å². The molecule has 0 saturated heterocycles. The Morgan fingerprint density at radius 3 is 1.30 bits per heavy atom. The van der Waals surface area contributed by atoms with E-state index in [1.165, 1.54) is 76.3 Å². The van der Waals surface area contributed by atoms with Crippen LogP contribution in [0.2, 0.25) is 0 Å². The van der Waals surface area contributed by atoms with Crippen molar-refractivity contribution < 1.29 is 45.6 Å². The van der Waals surface area contributed by atoms with Gasteiger partial charge in [-0.3, -0.25) is 4.55 Å². The van der Waals surface area contributed by atoms with E-state index in [2.05, 4.69) is 13.8 Å². The minimum Gasteiger partial charge on any atom is -0.871 e. The van der Waals surface area contributed by atoms with E-state index >= 15 is 0 Å². The van der Waals surface area contributed by atoms with Crippen molar-refractivity contribution in [1.29, 1.82) is 0 Å². The number of aromatic hydroxyl groups is 1. The largest absolute Gasteiger partial charge is 2.00 e. The summed E-state index contributed by atoms with van der Waals surface area (Å²) in [6, 6.07) is 23.2. The van der Waals surface area contributed by atoms with Gasteiger partial charge in [0, 0.05) is 0 Å². The van der Waals surface area contributed by atoms with Gasteiger partial charge in [0.2, 0.25) is 0 Å². The molecular weight excluding hydrogens is 793 g/mol. The number of unbranched alkanes of at least 4 members (excludes halogenated alkanes) is 14. The molecule has 10 nitrogen and oxygen atoms in total. The average Bonchev–Trinajstić information content (AvgIpc) is 3.15. The normalized spacial score (nSPS) is 11.3. The van der Waals surface area contributed by atoms with Crippen molar-refractivity contribution in [1.82, 2.24) is 0 Å². The molecule has 0 atom stereocenters. The van der Waals surface area contributed by atoms with Gasteiger partial charge in [-0.05, 0) is 67.6 Å². The van der Waals surface area contributed by atoms with Gasteiger partial charge in [-0.15, -0.1) is 0 Å². The zero-order valence-corrected chi connectivity index (χ0v) is 37.3. The monoisotopic (exact) mass is 850 g/mol. The molecule has 4 rings (SSSR count). The second kappa shape index (κ2) is 27.0. The number of benzene rings is 4. The summed E-state index contributed by atoms with van der Waals surface area (Å²) in [4.78, 5) is -1.37. The van der Waals surface area contributed by atoms with Crippen molar-refractivity contribution in [3.63, 3.8) is 0 Å². The zero-order chi connectivity index (χ0) is 40.8. The first-order chi connectivity index (χ1) is 26.9. The van der Waals surface area contributed by atoms with Crippen molar-refractivity contribution in [3.05, 3.63) is 96.1 Å². The maximum atomic E-state index is 12.6. The second-order valence-corrected chi connectivity index (χ2v) is 16.7. The van der Waals surface area contributed by atoms with Gasteiger partial charge in [0.15, 0.2) is 10.6 Å². The Labute approximate surface area is 370 Å². The minimum atomic E-state index is -4.94. The van der Waals surface area contributed by atoms with Gasteiger partial charge in [0.05, 0.1) is 4.90 Å². The summed E-state index contributed by atoms with van der Waals surface area (Å²) in [7, 11) is -9.57. The van der Waals surface area contributed by atoms with E-state index in [9.17, 15) is 36.2 Å². The molecule has 2 N–H and O–H groups in total. The molecule has 0 saturated carbocycles. The fourth-order valence-corrected chi connectivity index (χ4v) is 7.81. The topological polar surface area (TPSA) is 173 Å². The van der Waals surface area contributed by atoms with Gasteiger partial charge in [-0.25, -0.2) is 8.42 Å². The third-order valence-electron chi connectivity index (χ3n) is 9.39. The number of aryl methyl sites for hydroxylation is 2. The summed E-state index contributed by atoms with van der Waals surface area (Å²) in [5, 5.41) is 23.1. The fourth-order valence-electron chi connectivity index (χ4n) is 6.35. The molecule has 0 bridgehead atoms. The Morgan fingerprint density at radius 2 is 0.895 bits per heavy atom. The number of para-hydroxylation sites is 2. The van der Waals surface area contributed by atoms with E-state index in [4.69, 9.17) is 9.47 Å². The number of rotatable bonds is 24. The van der Waals surface area contributed by atoms with Crippen LogP contribution in [0, 0.1) is 0 Å². The van der Waals surface area contributed by atoms with Crippen LogP contribution in [-0.4, -0.2) is 68.8 Å². The third kappa shape index (κ3) is 18.3. The van der Waals surface area contributed by atoms with Crippen LogP contribution in [0.3, 0.4) is 0 Å². The van der Waals surface area contributed by atoms with Crippen molar-refractivity contribution in [2.45, 2.75) is 139 Å². The van der Waals surface area contributed by atoms with Crippen LogP contribution in [-0.2, 0) is 33.1 Å². The van der Waals surface area contributed by atoms with Crippen molar-refractivity contribution in [2.24, 2.45) is 0 Å². The van der Waals surface area contributed by atoms with Gasteiger partial charge in [0.25, 0.3) is 0 Å². The maximum absolute atomic E-state index is 12.6. The number of phenols is 1. The van der Waals surface area contributed by atoms with Crippen LogP contribution in [0.5, 0.6) is 34.5 Å². The Morgan fingerprint density at radius 1 is 0.526 bits per heavy atom. The Bertz CT molecular complexity index is 1810. The van der Waals surface area contributed by atoms with Crippen LogP contribution in [0.25, 0.3) is 0 Å². The van der Waals surface area contributed by atoms with Crippen LogP contribution in [0.4, 0.5) is 0 Å². The van der Waals surface area contributed by atoms with E-state index in [0.29, 0.717) is 35.5 Å². The number of ether oxygens (including phenoxy) is 2. The SMILES string of the molecule is CCCCCCCCCCc1ccc(Oc2ccccc2)c(S(=O)(=O)O)c1O.CCCCCCCCCCc1ccc(Oc2ccccc2)c(S(=O)(=O)[O-])c1[O-].[Ca+2]. The summed E-state index contributed by atoms with van der Waals surface area (Å²) in [5.41, 5.74) is 0.847. The molecule has 0 fully saturated rings. The quantitative estimate of drug-likeness (QED) is 0.0392. The molecule has 0 aliphatic carbocycles. The predicted molar refractivity (Wildman–Crippen MR) is 223 cm³/mol. The van der Waals surface area contributed by atoms with Gasteiger partial charge in [0.1, 0.15) is 33.1 Å². The standard InChI is InChI=1S/2C22H30O5S.Ca/c2*1-2-3-4-5-6-7-8-10-13-18-16-17-20(22(21(18)23)28(24,25)26)27-19-14-11-9-12-15-19;/h2*9,11-12,14-17,23H,2-8,10,13H2,1H3,(H,24,25,26);/q;;+2/p-2. The molecule has 0 amide bonds. The molecule has 0 unspecified atom stereocenters. The smallest absolute Gasteiger partial charge is 0.871 e. The van der Waals surface area contributed by atoms with Gasteiger partial charge in [-0.1, -0.05) is 164 Å². The molecule has 0 radical (unpaired) electrons. The van der Waals surface area contributed by atoms with E-state index in [1.807, 2.05) is 0 Å². The van der Waals surface area contributed by atoms with Crippen LogP contribution in [0.1, 0.15) is 128 Å².